The van der Waals surface area contributed by atoms with Gasteiger partial charge in [-0.2, -0.15) is 0 Å². The van der Waals surface area contributed by atoms with Crippen molar-refractivity contribution < 1.29 is 14.7 Å². The molecule has 0 bridgehead atoms. The van der Waals surface area contributed by atoms with Gasteiger partial charge in [0, 0.05) is 11.6 Å². The van der Waals surface area contributed by atoms with Crippen molar-refractivity contribution in [3.05, 3.63) is 34.9 Å². The van der Waals surface area contributed by atoms with Gasteiger partial charge in [0.2, 0.25) is 0 Å². The highest BCUT2D eigenvalue weighted by Crippen LogP contribution is 2.14. The van der Waals surface area contributed by atoms with Gasteiger partial charge < -0.3 is 10.4 Å². The maximum Gasteiger partial charge on any atom is 0.308 e. The SMILES string of the molecule is Cc1cccc(C)c1C(=O)NC(C)C(C)C(=O)O. The van der Waals surface area contributed by atoms with Gasteiger partial charge in [0.05, 0.1) is 5.92 Å². The van der Waals surface area contributed by atoms with Crippen molar-refractivity contribution in [3.8, 4) is 0 Å². The zero-order valence-electron chi connectivity index (χ0n) is 11.2. The lowest BCUT2D eigenvalue weighted by molar-refractivity contribution is -0.141. The molecule has 4 heteroatoms. The van der Waals surface area contributed by atoms with Crippen LogP contribution in [0.3, 0.4) is 0 Å². The Balaban J connectivity index is 2.86. The van der Waals surface area contributed by atoms with Crippen molar-refractivity contribution in [1.29, 1.82) is 0 Å². The van der Waals surface area contributed by atoms with Crippen LogP contribution in [0.15, 0.2) is 18.2 Å². The van der Waals surface area contributed by atoms with Crippen molar-refractivity contribution >= 4 is 11.9 Å². The molecule has 2 unspecified atom stereocenters. The number of carbonyl (C=O) groups is 2. The summed E-state index contributed by atoms with van der Waals surface area (Å²) in [5.41, 5.74) is 2.41. The number of amides is 1. The molecule has 0 aliphatic carbocycles. The summed E-state index contributed by atoms with van der Waals surface area (Å²) in [6, 6.07) is 5.22. The fraction of sp³-hybridized carbons (Fsp3) is 0.429. The minimum Gasteiger partial charge on any atom is -0.481 e. The van der Waals surface area contributed by atoms with Gasteiger partial charge in [0.15, 0.2) is 0 Å². The van der Waals surface area contributed by atoms with Crippen molar-refractivity contribution in [2.24, 2.45) is 5.92 Å². The molecule has 0 spiro atoms. The molecule has 1 amide bonds. The van der Waals surface area contributed by atoms with Crippen molar-refractivity contribution in [2.75, 3.05) is 0 Å². The van der Waals surface area contributed by atoms with E-state index in [0.29, 0.717) is 5.56 Å². The van der Waals surface area contributed by atoms with Crippen LogP contribution >= 0.6 is 0 Å². The highest BCUT2D eigenvalue weighted by Gasteiger charge is 2.22. The highest BCUT2D eigenvalue weighted by atomic mass is 16.4. The number of hydrogen-bond donors (Lipinski definition) is 2. The lowest BCUT2D eigenvalue weighted by Crippen LogP contribution is -2.40. The molecule has 0 saturated carbocycles. The van der Waals surface area contributed by atoms with Gasteiger partial charge in [-0.25, -0.2) is 0 Å². The lowest BCUT2D eigenvalue weighted by Gasteiger charge is -2.19. The Kier molecular flexibility index (Phi) is 4.48. The molecule has 2 atom stereocenters. The van der Waals surface area contributed by atoms with Crippen molar-refractivity contribution in [3.63, 3.8) is 0 Å². The molecule has 0 radical (unpaired) electrons. The van der Waals surface area contributed by atoms with Gasteiger partial charge in [-0.15, -0.1) is 0 Å². The largest absolute Gasteiger partial charge is 0.481 e. The topological polar surface area (TPSA) is 66.4 Å². The second-order valence-corrected chi connectivity index (χ2v) is 4.66. The van der Waals surface area contributed by atoms with Gasteiger partial charge in [-0.05, 0) is 38.8 Å². The molecule has 0 saturated heterocycles. The predicted molar refractivity (Wildman–Crippen MR) is 69.6 cm³/mol. The molecule has 4 nitrogen and oxygen atoms in total. The Labute approximate surface area is 107 Å². The molecular formula is C14H19NO3. The summed E-state index contributed by atoms with van der Waals surface area (Å²) in [6.45, 7) is 7.02. The zero-order valence-corrected chi connectivity index (χ0v) is 11.2. The lowest BCUT2D eigenvalue weighted by atomic mass is 10.00. The number of carbonyl (C=O) groups excluding carboxylic acids is 1. The van der Waals surface area contributed by atoms with Crippen LogP contribution in [0.5, 0.6) is 0 Å². The van der Waals surface area contributed by atoms with E-state index in [-0.39, 0.29) is 5.91 Å². The van der Waals surface area contributed by atoms with E-state index in [9.17, 15) is 9.59 Å². The average molecular weight is 249 g/mol. The number of aliphatic carboxylic acids is 1. The standard InChI is InChI=1S/C14H19NO3/c1-8-6-5-7-9(2)12(8)13(16)15-11(4)10(3)14(17)18/h5-7,10-11H,1-4H3,(H,15,16)(H,17,18). The van der Waals surface area contributed by atoms with Crippen LogP contribution in [0.4, 0.5) is 0 Å². The summed E-state index contributed by atoms with van der Waals surface area (Å²) in [7, 11) is 0. The third-order valence-corrected chi connectivity index (χ3v) is 3.21. The van der Waals surface area contributed by atoms with Gasteiger partial charge in [0.25, 0.3) is 5.91 Å². The Morgan fingerprint density at radius 2 is 1.67 bits per heavy atom. The molecule has 98 valence electrons. The minimum atomic E-state index is -0.913. The first-order valence-corrected chi connectivity index (χ1v) is 5.94. The molecule has 2 N–H and O–H groups in total. The number of benzene rings is 1. The van der Waals surface area contributed by atoms with E-state index in [1.807, 2.05) is 32.0 Å². The quantitative estimate of drug-likeness (QED) is 0.859. The number of carboxylic acids is 1. The van der Waals surface area contributed by atoms with Crippen LogP contribution in [-0.4, -0.2) is 23.0 Å². The highest BCUT2D eigenvalue weighted by molar-refractivity contribution is 5.97. The van der Waals surface area contributed by atoms with E-state index in [4.69, 9.17) is 5.11 Å². The molecule has 0 fully saturated rings. The van der Waals surface area contributed by atoms with Crippen LogP contribution in [-0.2, 0) is 4.79 Å². The Bertz CT molecular complexity index is 448. The predicted octanol–water partition coefficient (Wildman–Crippen LogP) is 2.14. The van der Waals surface area contributed by atoms with Gasteiger partial charge >= 0.3 is 5.97 Å². The zero-order chi connectivity index (χ0) is 13.9. The van der Waals surface area contributed by atoms with Gasteiger partial charge in [-0.3, -0.25) is 9.59 Å². The summed E-state index contributed by atoms with van der Waals surface area (Å²) in [6.07, 6.45) is 0. The monoisotopic (exact) mass is 249 g/mol. The summed E-state index contributed by atoms with van der Waals surface area (Å²) in [4.78, 5) is 23.0. The molecule has 0 aliphatic rings. The average Bonchev–Trinajstić information content (AvgIpc) is 2.27. The number of hydrogen-bond acceptors (Lipinski definition) is 2. The molecular weight excluding hydrogens is 230 g/mol. The van der Waals surface area contributed by atoms with E-state index >= 15 is 0 Å². The van der Waals surface area contributed by atoms with Crippen LogP contribution in [0.25, 0.3) is 0 Å². The molecule has 1 aromatic carbocycles. The summed E-state index contributed by atoms with van der Waals surface area (Å²) < 4.78 is 0. The smallest absolute Gasteiger partial charge is 0.308 e. The molecule has 18 heavy (non-hydrogen) atoms. The van der Waals surface area contributed by atoms with Crippen LogP contribution in [0.2, 0.25) is 0 Å². The Hall–Kier alpha value is -1.84. The summed E-state index contributed by atoms with van der Waals surface area (Å²) in [5.74, 6) is -1.74. The fourth-order valence-electron chi connectivity index (χ4n) is 1.79. The van der Waals surface area contributed by atoms with E-state index in [1.165, 1.54) is 0 Å². The first kappa shape index (κ1) is 14.2. The second-order valence-electron chi connectivity index (χ2n) is 4.66. The normalized spacial score (nSPS) is 13.8. The van der Waals surface area contributed by atoms with Crippen LogP contribution in [0, 0.1) is 19.8 Å². The van der Waals surface area contributed by atoms with Crippen molar-refractivity contribution in [1.82, 2.24) is 5.32 Å². The number of rotatable bonds is 4. The molecule has 0 heterocycles. The van der Waals surface area contributed by atoms with Crippen molar-refractivity contribution in [2.45, 2.75) is 33.7 Å². The molecule has 1 aromatic rings. The maximum atomic E-state index is 12.1. The number of carboxylic acid groups (broad SMARTS) is 1. The third kappa shape index (κ3) is 3.09. The van der Waals surface area contributed by atoms with E-state index in [0.717, 1.165) is 11.1 Å². The third-order valence-electron chi connectivity index (χ3n) is 3.21. The van der Waals surface area contributed by atoms with Crippen LogP contribution in [0.1, 0.15) is 35.3 Å². The summed E-state index contributed by atoms with van der Waals surface area (Å²) >= 11 is 0. The van der Waals surface area contributed by atoms with E-state index in [2.05, 4.69) is 5.32 Å². The molecule has 1 rings (SSSR count). The fourth-order valence-corrected chi connectivity index (χ4v) is 1.79. The summed E-state index contributed by atoms with van der Waals surface area (Å²) in [5, 5.41) is 11.6. The number of aryl methyl sites for hydroxylation is 2. The second kappa shape index (κ2) is 5.67. The number of nitrogens with one attached hydrogen (secondary N) is 1. The Morgan fingerprint density at radius 3 is 2.11 bits per heavy atom. The molecule has 0 aromatic heterocycles. The van der Waals surface area contributed by atoms with Gasteiger partial charge in [-0.1, -0.05) is 18.2 Å². The maximum absolute atomic E-state index is 12.1. The van der Waals surface area contributed by atoms with Crippen LogP contribution < -0.4 is 5.32 Å². The van der Waals surface area contributed by atoms with E-state index in [1.54, 1.807) is 13.8 Å². The minimum absolute atomic E-state index is 0.216. The van der Waals surface area contributed by atoms with Gasteiger partial charge in [0.1, 0.15) is 0 Å². The Morgan fingerprint density at radius 1 is 1.17 bits per heavy atom. The van der Waals surface area contributed by atoms with E-state index < -0.39 is 17.9 Å². The first-order valence-electron chi connectivity index (χ1n) is 5.94. The molecule has 0 aliphatic heterocycles. The first-order chi connectivity index (χ1) is 8.34.